The number of aromatic amines is 1. The molecule has 0 saturated carbocycles. The largest absolute Gasteiger partial charge is 0.218 e. The predicted molar refractivity (Wildman–Crippen MR) is 179 cm³/mol. The van der Waals surface area contributed by atoms with E-state index in [0.29, 0.717) is 0 Å². The molecular weight excluding hydrogens is 493 g/mol. The standard InChI is InChI=1S/C34H30B.C5H5N/c1-2-3-25-35(32-22-10-16-26-13-4-7-19-29(26)32,33-23-11-17-27-14-5-8-20-30(27)33)34-24-12-18-28-15-6-9-21-31(28)34;1-2-4-6-5-3-1/h4-24H,2-3,25H2,1H3;1-5H/q-1;/p+1. The summed E-state index contributed by atoms with van der Waals surface area (Å²) in [6, 6.07) is 53.4. The van der Waals surface area contributed by atoms with Gasteiger partial charge < -0.3 is 0 Å². The Hall–Kier alpha value is -4.69. The maximum atomic E-state index is 2.89. The highest BCUT2D eigenvalue weighted by atomic mass is 14.6. The predicted octanol–water partition coefficient (Wildman–Crippen LogP) is 7.92. The first-order valence-electron chi connectivity index (χ1n) is 14.9. The fourth-order valence-corrected chi connectivity index (χ4v) is 6.86. The normalized spacial score (nSPS) is 11.3. The SMILES string of the molecule is CCCC[B-](c1cccc2ccccc12)(c1cccc2ccccc12)c1cccc2ccccc12.c1cc[nH+]cc1. The summed E-state index contributed by atoms with van der Waals surface area (Å²) in [4.78, 5) is 2.89. The van der Waals surface area contributed by atoms with Crippen LogP contribution in [0, 0.1) is 0 Å². The van der Waals surface area contributed by atoms with Crippen LogP contribution < -0.4 is 21.4 Å². The van der Waals surface area contributed by atoms with Gasteiger partial charge in [-0.25, -0.2) is 4.98 Å². The molecule has 0 fully saturated rings. The van der Waals surface area contributed by atoms with E-state index < -0.39 is 6.15 Å². The van der Waals surface area contributed by atoms with E-state index in [4.69, 9.17) is 0 Å². The van der Waals surface area contributed by atoms with Gasteiger partial charge in [0.2, 0.25) is 0 Å². The Morgan fingerprint density at radius 3 is 1.17 bits per heavy atom. The third-order valence-corrected chi connectivity index (χ3v) is 8.66. The van der Waals surface area contributed by atoms with Crippen LogP contribution in [0.2, 0.25) is 6.32 Å². The lowest BCUT2D eigenvalue weighted by Gasteiger charge is -2.45. The molecule has 0 spiro atoms. The molecule has 1 aromatic heterocycles. The van der Waals surface area contributed by atoms with Crippen LogP contribution in [0.3, 0.4) is 0 Å². The summed E-state index contributed by atoms with van der Waals surface area (Å²) in [5, 5.41) is 8.04. The smallest absolute Gasteiger partial charge is 0.166 e. The second-order valence-corrected chi connectivity index (χ2v) is 11.0. The molecule has 41 heavy (non-hydrogen) atoms. The van der Waals surface area contributed by atoms with Crippen molar-refractivity contribution in [3.8, 4) is 0 Å². The molecule has 2 heteroatoms. The van der Waals surface area contributed by atoms with Crippen molar-refractivity contribution in [2.24, 2.45) is 0 Å². The molecule has 0 saturated heterocycles. The number of hydrogen-bond acceptors (Lipinski definition) is 0. The lowest BCUT2D eigenvalue weighted by atomic mass is 9.13. The van der Waals surface area contributed by atoms with E-state index in [2.05, 4.69) is 139 Å². The number of pyridine rings is 1. The van der Waals surface area contributed by atoms with Crippen molar-refractivity contribution in [3.05, 3.63) is 158 Å². The summed E-state index contributed by atoms with van der Waals surface area (Å²) >= 11 is 0. The van der Waals surface area contributed by atoms with E-state index in [1.165, 1.54) is 61.5 Å². The van der Waals surface area contributed by atoms with Gasteiger partial charge in [-0.05, 0) is 16.2 Å². The van der Waals surface area contributed by atoms with Crippen molar-refractivity contribution in [1.29, 1.82) is 0 Å². The van der Waals surface area contributed by atoms with Gasteiger partial charge in [0.05, 0.1) is 6.15 Å². The van der Waals surface area contributed by atoms with Crippen LogP contribution in [0.5, 0.6) is 0 Å². The molecule has 200 valence electrons. The highest BCUT2D eigenvalue weighted by molar-refractivity contribution is 7.14. The molecule has 7 aromatic rings. The third kappa shape index (κ3) is 5.14. The van der Waals surface area contributed by atoms with E-state index in [0.717, 1.165) is 6.32 Å². The van der Waals surface area contributed by atoms with E-state index in [1.807, 2.05) is 30.6 Å². The Morgan fingerprint density at radius 2 is 0.829 bits per heavy atom. The minimum absolute atomic E-state index is 1.12. The first-order valence-corrected chi connectivity index (χ1v) is 14.9. The van der Waals surface area contributed by atoms with Crippen molar-refractivity contribution >= 4 is 54.9 Å². The molecule has 0 radical (unpaired) electrons. The van der Waals surface area contributed by atoms with E-state index in [1.54, 1.807) is 0 Å². The molecule has 6 aromatic carbocycles. The lowest BCUT2D eigenvalue weighted by molar-refractivity contribution is -0.377. The molecule has 0 aliphatic rings. The minimum atomic E-state index is -1.25. The van der Waals surface area contributed by atoms with Crippen molar-refractivity contribution < 1.29 is 4.98 Å². The van der Waals surface area contributed by atoms with Crippen LogP contribution in [0.15, 0.2) is 158 Å². The van der Waals surface area contributed by atoms with Crippen LogP contribution in [-0.2, 0) is 0 Å². The summed E-state index contributed by atoms with van der Waals surface area (Å²) in [7, 11) is 0. The van der Waals surface area contributed by atoms with Crippen LogP contribution >= 0.6 is 0 Å². The zero-order valence-electron chi connectivity index (χ0n) is 23.7. The summed E-state index contributed by atoms with van der Waals surface area (Å²) in [5.41, 5.74) is 4.39. The zero-order valence-corrected chi connectivity index (χ0v) is 23.7. The molecule has 1 heterocycles. The average molecular weight is 530 g/mol. The minimum Gasteiger partial charge on any atom is -0.218 e. The molecule has 7 rings (SSSR count). The number of rotatable bonds is 6. The topological polar surface area (TPSA) is 14.1 Å². The van der Waals surface area contributed by atoms with E-state index >= 15 is 0 Å². The van der Waals surface area contributed by atoms with E-state index in [-0.39, 0.29) is 0 Å². The molecule has 0 amide bonds. The van der Waals surface area contributed by atoms with Crippen molar-refractivity contribution in [3.63, 3.8) is 0 Å². The van der Waals surface area contributed by atoms with E-state index in [9.17, 15) is 0 Å². The number of H-pyrrole nitrogens is 1. The fraction of sp³-hybridized carbons (Fsp3) is 0.103. The van der Waals surface area contributed by atoms with Gasteiger partial charge in [-0.1, -0.05) is 169 Å². The Balaban J connectivity index is 0.000000449. The molecule has 0 aliphatic heterocycles. The second kappa shape index (κ2) is 12.2. The monoisotopic (exact) mass is 529 g/mol. The lowest BCUT2D eigenvalue weighted by Crippen LogP contribution is -2.67. The number of nitrogens with one attached hydrogen (secondary N) is 1. The maximum Gasteiger partial charge on any atom is 0.166 e. The highest BCUT2D eigenvalue weighted by Gasteiger charge is 2.33. The van der Waals surface area contributed by atoms with Crippen LogP contribution in [0.1, 0.15) is 19.8 Å². The van der Waals surface area contributed by atoms with Crippen molar-refractivity contribution in [2.75, 3.05) is 0 Å². The first-order chi connectivity index (χ1) is 20.3. The average Bonchev–Trinajstić information content (AvgIpc) is 3.06. The van der Waals surface area contributed by atoms with Gasteiger partial charge >= 0.3 is 0 Å². The Kier molecular flexibility index (Phi) is 7.91. The van der Waals surface area contributed by atoms with Gasteiger partial charge in [0.1, 0.15) is 0 Å². The van der Waals surface area contributed by atoms with Crippen LogP contribution in [-0.4, -0.2) is 6.15 Å². The number of aromatic nitrogens is 1. The molecule has 1 N–H and O–H groups in total. The van der Waals surface area contributed by atoms with Crippen molar-refractivity contribution in [1.82, 2.24) is 0 Å². The van der Waals surface area contributed by atoms with Gasteiger partial charge in [-0.3, -0.25) is 0 Å². The number of unbranched alkanes of at least 4 members (excludes halogenated alkanes) is 1. The fourth-order valence-electron chi connectivity index (χ4n) is 6.86. The Morgan fingerprint density at radius 1 is 0.439 bits per heavy atom. The van der Waals surface area contributed by atoms with Gasteiger partial charge in [0.15, 0.2) is 12.4 Å². The summed E-state index contributed by atoms with van der Waals surface area (Å²) in [6.07, 6.45) is 5.96. The molecule has 0 aliphatic carbocycles. The van der Waals surface area contributed by atoms with Crippen LogP contribution in [0.25, 0.3) is 32.3 Å². The maximum absolute atomic E-state index is 2.89. The summed E-state index contributed by atoms with van der Waals surface area (Å²) in [6.45, 7) is 2.32. The Bertz CT molecular complexity index is 1660. The molecule has 0 unspecified atom stereocenters. The molecule has 0 bridgehead atoms. The Labute approximate surface area is 243 Å². The number of benzene rings is 6. The summed E-state index contributed by atoms with van der Waals surface area (Å²) < 4.78 is 0. The van der Waals surface area contributed by atoms with Gasteiger partial charge in [0, 0.05) is 12.1 Å². The zero-order chi connectivity index (χ0) is 27.9. The van der Waals surface area contributed by atoms with Gasteiger partial charge in [-0.2, -0.15) is 22.7 Å². The molecule has 1 nitrogen and oxygen atoms in total. The third-order valence-electron chi connectivity index (χ3n) is 8.66. The number of hydrogen-bond donors (Lipinski definition) is 0. The second-order valence-electron chi connectivity index (χ2n) is 11.0. The molecule has 0 atom stereocenters. The molecular formula is C39H36BN. The first kappa shape index (κ1) is 26.5. The van der Waals surface area contributed by atoms with Crippen molar-refractivity contribution in [2.45, 2.75) is 26.1 Å². The van der Waals surface area contributed by atoms with Gasteiger partial charge in [-0.15, -0.1) is 0 Å². The quantitative estimate of drug-likeness (QED) is 0.194. The van der Waals surface area contributed by atoms with Gasteiger partial charge in [0.25, 0.3) is 0 Å². The summed E-state index contributed by atoms with van der Waals surface area (Å²) in [5.74, 6) is 0. The highest BCUT2D eigenvalue weighted by Crippen LogP contribution is 2.27. The number of fused-ring (bicyclic) bond motifs is 3. The van der Waals surface area contributed by atoms with Crippen LogP contribution in [0.4, 0.5) is 0 Å².